The van der Waals surface area contributed by atoms with Crippen LogP contribution in [0.15, 0.2) is 41.8 Å². The van der Waals surface area contributed by atoms with Gasteiger partial charge < -0.3 is 5.32 Å². The molecule has 5 heteroatoms. The number of hydrogen-bond donors (Lipinski definition) is 1. The number of rotatable bonds is 5. The van der Waals surface area contributed by atoms with Gasteiger partial charge in [0.1, 0.15) is 0 Å². The Morgan fingerprint density at radius 3 is 2.65 bits per heavy atom. The Labute approximate surface area is 120 Å². The van der Waals surface area contributed by atoms with E-state index in [4.69, 9.17) is 0 Å². The molecule has 0 saturated carbocycles. The van der Waals surface area contributed by atoms with Crippen LogP contribution >= 0.6 is 11.3 Å². The Morgan fingerprint density at radius 2 is 2.00 bits per heavy atom. The van der Waals surface area contributed by atoms with Gasteiger partial charge >= 0.3 is 6.18 Å². The molecular weight excluding hydrogens is 283 g/mol. The number of nitrogens with one attached hydrogen (secondary N) is 1. The molecular formula is C15H16F3NS. The molecule has 1 atom stereocenters. The lowest BCUT2D eigenvalue weighted by Crippen LogP contribution is -2.21. The molecule has 0 fully saturated rings. The van der Waals surface area contributed by atoms with E-state index in [2.05, 4.69) is 11.4 Å². The van der Waals surface area contributed by atoms with Gasteiger partial charge in [0.15, 0.2) is 0 Å². The van der Waals surface area contributed by atoms with Crippen molar-refractivity contribution in [3.05, 3.63) is 57.8 Å². The van der Waals surface area contributed by atoms with E-state index < -0.39 is 11.7 Å². The molecule has 1 N–H and O–H groups in total. The highest BCUT2D eigenvalue weighted by molar-refractivity contribution is 7.09. The van der Waals surface area contributed by atoms with Gasteiger partial charge in [0, 0.05) is 17.5 Å². The van der Waals surface area contributed by atoms with Gasteiger partial charge in [-0.2, -0.15) is 13.2 Å². The van der Waals surface area contributed by atoms with Crippen molar-refractivity contribution in [3.8, 4) is 0 Å². The van der Waals surface area contributed by atoms with E-state index in [0.717, 1.165) is 19.0 Å². The molecule has 0 aliphatic heterocycles. The van der Waals surface area contributed by atoms with Crippen molar-refractivity contribution in [2.45, 2.75) is 25.6 Å². The normalized spacial score (nSPS) is 13.4. The molecule has 2 aromatic rings. The van der Waals surface area contributed by atoms with Crippen LogP contribution in [0.2, 0.25) is 0 Å². The second-order valence-electron chi connectivity index (χ2n) is 4.63. The lowest BCUT2D eigenvalue weighted by Gasteiger charge is -2.16. The van der Waals surface area contributed by atoms with E-state index in [1.165, 1.54) is 17.0 Å². The second kappa shape index (κ2) is 6.41. The van der Waals surface area contributed by atoms with Gasteiger partial charge in [-0.15, -0.1) is 11.3 Å². The van der Waals surface area contributed by atoms with Crippen molar-refractivity contribution in [1.29, 1.82) is 0 Å². The summed E-state index contributed by atoms with van der Waals surface area (Å²) in [5.41, 5.74) is 0.0629. The Hall–Kier alpha value is -1.33. The van der Waals surface area contributed by atoms with Crippen molar-refractivity contribution in [2.75, 3.05) is 6.54 Å². The summed E-state index contributed by atoms with van der Waals surface area (Å²) < 4.78 is 38.0. The first-order chi connectivity index (χ1) is 9.47. The third-order valence-corrected chi connectivity index (χ3v) is 4.05. The second-order valence-corrected chi connectivity index (χ2v) is 5.66. The molecule has 0 radical (unpaired) electrons. The third kappa shape index (κ3) is 4.08. The fraction of sp³-hybridized carbons (Fsp3) is 0.333. The van der Waals surface area contributed by atoms with E-state index in [9.17, 15) is 13.2 Å². The zero-order chi connectivity index (χ0) is 14.6. The summed E-state index contributed by atoms with van der Waals surface area (Å²) in [6.45, 7) is 2.63. The summed E-state index contributed by atoms with van der Waals surface area (Å²) in [5.74, 6) is 0. The standard InChI is InChI=1S/C15H16F3NS/c1-11(19-8-7-14-6-3-9-20-14)12-4-2-5-13(10-12)15(16,17)18/h2-6,9-11,19H,7-8H2,1H3. The third-order valence-electron chi connectivity index (χ3n) is 3.12. The topological polar surface area (TPSA) is 12.0 Å². The van der Waals surface area contributed by atoms with Gasteiger partial charge in [-0.1, -0.05) is 18.2 Å². The van der Waals surface area contributed by atoms with Crippen LogP contribution in [-0.4, -0.2) is 6.54 Å². The van der Waals surface area contributed by atoms with E-state index >= 15 is 0 Å². The average Bonchev–Trinajstić information content (AvgIpc) is 2.91. The van der Waals surface area contributed by atoms with Crippen molar-refractivity contribution in [3.63, 3.8) is 0 Å². The monoisotopic (exact) mass is 299 g/mol. The molecule has 20 heavy (non-hydrogen) atoms. The molecule has 1 unspecified atom stereocenters. The predicted molar refractivity (Wildman–Crippen MR) is 75.9 cm³/mol. The van der Waals surface area contributed by atoms with E-state index in [1.54, 1.807) is 17.4 Å². The smallest absolute Gasteiger partial charge is 0.310 e. The summed E-state index contributed by atoms with van der Waals surface area (Å²) in [5, 5.41) is 5.27. The van der Waals surface area contributed by atoms with Crippen LogP contribution in [0.25, 0.3) is 0 Å². The highest BCUT2D eigenvalue weighted by Gasteiger charge is 2.30. The summed E-state index contributed by atoms with van der Waals surface area (Å²) in [6, 6.07) is 9.44. The molecule has 2 rings (SSSR count). The number of benzene rings is 1. The van der Waals surface area contributed by atoms with Crippen LogP contribution in [-0.2, 0) is 12.6 Å². The molecule has 1 nitrogen and oxygen atoms in total. The van der Waals surface area contributed by atoms with Crippen molar-refractivity contribution < 1.29 is 13.2 Å². The maximum Gasteiger partial charge on any atom is 0.416 e. The van der Waals surface area contributed by atoms with E-state index in [0.29, 0.717) is 5.56 Å². The van der Waals surface area contributed by atoms with Gasteiger partial charge in [-0.3, -0.25) is 0 Å². The van der Waals surface area contributed by atoms with E-state index in [-0.39, 0.29) is 6.04 Å². The SMILES string of the molecule is CC(NCCc1cccs1)c1cccc(C(F)(F)F)c1. The number of alkyl halides is 3. The molecule has 0 bridgehead atoms. The van der Waals surface area contributed by atoms with Gasteiger partial charge in [-0.05, 0) is 42.5 Å². The molecule has 0 saturated heterocycles. The molecule has 0 amide bonds. The summed E-state index contributed by atoms with van der Waals surface area (Å²) in [4.78, 5) is 1.27. The lowest BCUT2D eigenvalue weighted by atomic mass is 10.0. The fourth-order valence-corrected chi connectivity index (χ4v) is 2.68. The summed E-state index contributed by atoms with van der Waals surface area (Å²) in [6.07, 6.45) is -3.40. The molecule has 1 heterocycles. The highest BCUT2D eigenvalue weighted by Crippen LogP contribution is 2.30. The molecule has 0 aliphatic rings. The van der Waals surface area contributed by atoms with Crippen LogP contribution in [0, 0.1) is 0 Å². The predicted octanol–water partition coefficient (Wildman–Crippen LogP) is 4.66. The molecule has 1 aromatic heterocycles. The minimum Gasteiger partial charge on any atom is -0.310 e. The van der Waals surface area contributed by atoms with Gasteiger partial charge in [-0.25, -0.2) is 0 Å². The quantitative estimate of drug-likeness (QED) is 0.846. The first-order valence-electron chi connectivity index (χ1n) is 6.40. The van der Waals surface area contributed by atoms with Crippen LogP contribution in [0.5, 0.6) is 0 Å². The Kier molecular flexibility index (Phi) is 4.83. The van der Waals surface area contributed by atoms with Gasteiger partial charge in [0.2, 0.25) is 0 Å². The average molecular weight is 299 g/mol. The van der Waals surface area contributed by atoms with Crippen molar-refractivity contribution >= 4 is 11.3 Å². The van der Waals surface area contributed by atoms with Crippen LogP contribution < -0.4 is 5.32 Å². The number of thiophene rings is 1. The zero-order valence-electron chi connectivity index (χ0n) is 11.1. The minimum atomic E-state index is -4.29. The lowest BCUT2D eigenvalue weighted by molar-refractivity contribution is -0.137. The van der Waals surface area contributed by atoms with Crippen LogP contribution in [0.3, 0.4) is 0 Å². The van der Waals surface area contributed by atoms with Gasteiger partial charge in [0.05, 0.1) is 5.56 Å². The Bertz CT molecular complexity index is 534. The van der Waals surface area contributed by atoms with Crippen LogP contribution in [0.1, 0.15) is 29.0 Å². The number of halogens is 3. The highest BCUT2D eigenvalue weighted by atomic mass is 32.1. The van der Waals surface area contributed by atoms with Gasteiger partial charge in [0.25, 0.3) is 0 Å². The molecule has 1 aromatic carbocycles. The van der Waals surface area contributed by atoms with E-state index in [1.807, 2.05) is 18.4 Å². The first-order valence-corrected chi connectivity index (χ1v) is 7.27. The molecule has 0 aliphatic carbocycles. The first kappa shape index (κ1) is 15.1. The summed E-state index contributed by atoms with van der Waals surface area (Å²) in [7, 11) is 0. The number of hydrogen-bond acceptors (Lipinski definition) is 2. The minimum absolute atomic E-state index is 0.0998. The Balaban J connectivity index is 1.93. The largest absolute Gasteiger partial charge is 0.416 e. The maximum atomic E-state index is 12.7. The van der Waals surface area contributed by atoms with Crippen molar-refractivity contribution in [2.24, 2.45) is 0 Å². The maximum absolute atomic E-state index is 12.7. The van der Waals surface area contributed by atoms with Crippen molar-refractivity contribution in [1.82, 2.24) is 5.32 Å². The Morgan fingerprint density at radius 1 is 1.20 bits per heavy atom. The fourth-order valence-electron chi connectivity index (χ4n) is 1.97. The molecule has 0 spiro atoms. The molecule has 108 valence electrons. The summed E-state index contributed by atoms with van der Waals surface area (Å²) >= 11 is 1.69. The van der Waals surface area contributed by atoms with Crippen LogP contribution in [0.4, 0.5) is 13.2 Å². The zero-order valence-corrected chi connectivity index (χ0v) is 11.9.